The number of anilines is 1. The van der Waals surface area contributed by atoms with Crippen molar-refractivity contribution >= 4 is 15.7 Å². The maximum atomic E-state index is 12.9. The molecule has 0 saturated carbocycles. The average molecular weight is 333 g/mol. The predicted octanol–water partition coefficient (Wildman–Crippen LogP) is 3.09. The first kappa shape index (κ1) is 16.9. The van der Waals surface area contributed by atoms with Gasteiger partial charge in [0.1, 0.15) is 11.5 Å². The van der Waals surface area contributed by atoms with Crippen LogP contribution in [0.5, 0.6) is 11.5 Å². The van der Waals surface area contributed by atoms with Gasteiger partial charge in [0.25, 0.3) is 10.0 Å². The Balaban J connectivity index is 2.42. The van der Waals surface area contributed by atoms with Crippen LogP contribution in [0.2, 0.25) is 0 Å². The molecule has 122 valence electrons. The van der Waals surface area contributed by atoms with E-state index in [0.29, 0.717) is 17.2 Å². The molecule has 2 rings (SSSR count). The number of nitrogens with zero attached hydrogens (tertiary/aromatic N) is 1. The number of methoxy groups -OCH3 is 2. The van der Waals surface area contributed by atoms with E-state index in [0.717, 1.165) is 0 Å². The molecule has 0 fully saturated rings. The molecule has 0 atom stereocenters. The highest BCUT2D eigenvalue weighted by Crippen LogP contribution is 2.26. The summed E-state index contributed by atoms with van der Waals surface area (Å²) in [7, 11) is -0.602. The van der Waals surface area contributed by atoms with E-state index in [-0.39, 0.29) is 11.4 Å². The molecule has 6 heteroatoms. The molecule has 0 aliphatic heterocycles. The first-order valence-electron chi connectivity index (χ1n) is 6.94. The van der Waals surface area contributed by atoms with E-state index in [1.807, 2.05) is 0 Å². The predicted molar refractivity (Wildman–Crippen MR) is 90.7 cm³/mol. The van der Waals surface area contributed by atoms with E-state index in [2.05, 4.69) is 6.58 Å². The number of benzene rings is 2. The summed E-state index contributed by atoms with van der Waals surface area (Å²) in [5.74, 6) is 1.26. The van der Waals surface area contributed by atoms with Crippen LogP contribution in [0.3, 0.4) is 0 Å². The summed E-state index contributed by atoms with van der Waals surface area (Å²) in [5.41, 5.74) is 0.543. The van der Waals surface area contributed by atoms with Gasteiger partial charge in [-0.2, -0.15) is 0 Å². The third kappa shape index (κ3) is 3.65. The standard InChI is InChI=1S/C17H19NO4S/c1-4-13-18(14-5-7-15(21-2)8-6-14)23(19,20)17-11-9-16(22-3)10-12-17/h4-12H,1,13H2,2-3H3. The Morgan fingerprint density at radius 1 is 0.957 bits per heavy atom. The van der Waals surface area contributed by atoms with Crippen LogP contribution >= 0.6 is 0 Å². The molecule has 0 amide bonds. The Morgan fingerprint density at radius 3 is 1.87 bits per heavy atom. The second kappa shape index (κ2) is 7.19. The summed E-state index contributed by atoms with van der Waals surface area (Å²) in [6.45, 7) is 3.81. The first-order valence-corrected chi connectivity index (χ1v) is 8.38. The van der Waals surface area contributed by atoms with Crippen LogP contribution in [0, 0.1) is 0 Å². The van der Waals surface area contributed by atoms with Crippen LogP contribution in [0.4, 0.5) is 5.69 Å². The molecule has 0 unspecified atom stereocenters. The molecule has 0 aliphatic rings. The highest BCUT2D eigenvalue weighted by Gasteiger charge is 2.24. The number of rotatable bonds is 7. The van der Waals surface area contributed by atoms with E-state index < -0.39 is 10.0 Å². The van der Waals surface area contributed by atoms with Crippen molar-refractivity contribution in [3.05, 3.63) is 61.2 Å². The van der Waals surface area contributed by atoms with Gasteiger partial charge in [0.05, 0.1) is 31.3 Å². The molecule has 2 aromatic carbocycles. The quantitative estimate of drug-likeness (QED) is 0.731. The molecule has 0 radical (unpaired) electrons. The number of sulfonamides is 1. The lowest BCUT2D eigenvalue weighted by atomic mass is 10.3. The smallest absolute Gasteiger partial charge is 0.264 e. The molecular formula is C17H19NO4S. The van der Waals surface area contributed by atoms with Gasteiger partial charge in [-0.25, -0.2) is 8.42 Å². The minimum absolute atomic E-state index is 0.167. The molecule has 0 saturated heterocycles. The van der Waals surface area contributed by atoms with Crippen molar-refractivity contribution in [1.82, 2.24) is 0 Å². The minimum Gasteiger partial charge on any atom is -0.497 e. The van der Waals surface area contributed by atoms with Crippen LogP contribution in [-0.2, 0) is 10.0 Å². The highest BCUT2D eigenvalue weighted by molar-refractivity contribution is 7.92. The first-order chi connectivity index (χ1) is 11.0. The zero-order chi connectivity index (χ0) is 16.9. The monoisotopic (exact) mass is 333 g/mol. The number of hydrogen-bond acceptors (Lipinski definition) is 4. The summed E-state index contributed by atoms with van der Waals surface area (Å²) in [6, 6.07) is 13.1. The van der Waals surface area contributed by atoms with Crippen molar-refractivity contribution in [2.75, 3.05) is 25.1 Å². The van der Waals surface area contributed by atoms with Crippen LogP contribution in [0.1, 0.15) is 0 Å². The molecule has 5 nitrogen and oxygen atoms in total. The van der Waals surface area contributed by atoms with Gasteiger partial charge in [-0.15, -0.1) is 6.58 Å². The summed E-state index contributed by atoms with van der Waals surface area (Å²) < 4.78 is 37.2. The maximum Gasteiger partial charge on any atom is 0.264 e. The Morgan fingerprint density at radius 2 is 1.43 bits per heavy atom. The summed E-state index contributed by atoms with van der Waals surface area (Å²) in [4.78, 5) is 0.191. The van der Waals surface area contributed by atoms with Gasteiger partial charge in [-0.05, 0) is 48.5 Å². The molecule has 23 heavy (non-hydrogen) atoms. The van der Waals surface area contributed by atoms with Crippen LogP contribution < -0.4 is 13.8 Å². The van der Waals surface area contributed by atoms with Crippen LogP contribution in [-0.4, -0.2) is 29.2 Å². The van der Waals surface area contributed by atoms with Gasteiger partial charge < -0.3 is 9.47 Å². The van der Waals surface area contributed by atoms with Gasteiger partial charge >= 0.3 is 0 Å². The third-order valence-electron chi connectivity index (χ3n) is 3.30. The van der Waals surface area contributed by atoms with Crippen molar-refractivity contribution in [2.24, 2.45) is 0 Å². The topological polar surface area (TPSA) is 55.8 Å². The van der Waals surface area contributed by atoms with Crippen molar-refractivity contribution < 1.29 is 17.9 Å². The van der Waals surface area contributed by atoms with Crippen molar-refractivity contribution in [3.63, 3.8) is 0 Å². The van der Waals surface area contributed by atoms with Crippen LogP contribution in [0.15, 0.2) is 66.1 Å². The second-order valence-electron chi connectivity index (χ2n) is 4.70. The fraction of sp³-hybridized carbons (Fsp3) is 0.176. The van der Waals surface area contributed by atoms with Gasteiger partial charge in [-0.1, -0.05) is 6.08 Å². The van der Waals surface area contributed by atoms with Gasteiger partial charge in [0, 0.05) is 0 Å². The minimum atomic E-state index is -3.70. The Hall–Kier alpha value is -2.47. The lowest BCUT2D eigenvalue weighted by Crippen LogP contribution is -2.31. The molecule has 0 N–H and O–H groups in total. The molecule has 2 aromatic rings. The van der Waals surface area contributed by atoms with Gasteiger partial charge in [0.15, 0.2) is 0 Å². The van der Waals surface area contributed by atoms with E-state index in [1.165, 1.54) is 23.5 Å². The summed E-state index contributed by atoms with van der Waals surface area (Å²) in [5, 5.41) is 0. The van der Waals surface area contributed by atoms with E-state index in [4.69, 9.17) is 9.47 Å². The fourth-order valence-electron chi connectivity index (χ4n) is 2.08. The zero-order valence-corrected chi connectivity index (χ0v) is 13.9. The summed E-state index contributed by atoms with van der Waals surface area (Å²) in [6.07, 6.45) is 1.55. The molecule has 0 aliphatic carbocycles. The largest absolute Gasteiger partial charge is 0.497 e. The number of hydrogen-bond donors (Lipinski definition) is 0. The van der Waals surface area contributed by atoms with E-state index in [1.54, 1.807) is 49.6 Å². The Kier molecular flexibility index (Phi) is 5.28. The van der Waals surface area contributed by atoms with Crippen molar-refractivity contribution in [3.8, 4) is 11.5 Å². The fourth-order valence-corrected chi connectivity index (χ4v) is 3.52. The SMILES string of the molecule is C=CCN(c1ccc(OC)cc1)S(=O)(=O)c1ccc(OC)cc1. The molecule has 0 bridgehead atoms. The highest BCUT2D eigenvalue weighted by atomic mass is 32.2. The molecular weight excluding hydrogens is 314 g/mol. The Labute approximate surface area is 136 Å². The molecule has 0 heterocycles. The third-order valence-corrected chi connectivity index (χ3v) is 5.11. The van der Waals surface area contributed by atoms with Crippen LogP contribution in [0.25, 0.3) is 0 Å². The van der Waals surface area contributed by atoms with Gasteiger partial charge in [-0.3, -0.25) is 4.31 Å². The molecule has 0 spiro atoms. The van der Waals surface area contributed by atoms with Crippen molar-refractivity contribution in [2.45, 2.75) is 4.90 Å². The lowest BCUT2D eigenvalue weighted by Gasteiger charge is -2.23. The molecule has 0 aromatic heterocycles. The van der Waals surface area contributed by atoms with Crippen molar-refractivity contribution in [1.29, 1.82) is 0 Å². The lowest BCUT2D eigenvalue weighted by molar-refractivity contribution is 0.414. The average Bonchev–Trinajstić information content (AvgIpc) is 2.59. The normalized spacial score (nSPS) is 10.9. The van der Waals surface area contributed by atoms with Gasteiger partial charge in [0.2, 0.25) is 0 Å². The summed E-state index contributed by atoms with van der Waals surface area (Å²) >= 11 is 0. The number of ether oxygens (including phenoxy) is 2. The maximum absolute atomic E-state index is 12.9. The zero-order valence-electron chi connectivity index (χ0n) is 13.1. The Bertz CT molecular complexity index is 752. The van der Waals surface area contributed by atoms with E-state index in [9.17, 15) is 8.42 Å². The van der Waals surface area contributed by atoms with E-state index >= 15 is 0 Å². The second-order valence-corrected chi connectivity index (χ2v) is 6.56.